The summed E-state index contributed by atoms with van der Waals surface area (Å²) >= 11 is 0. The largest absolute Gasteiger partial charge is 0.457 e. The summed E-state index contributed by atoms with van der Waals surface area (Å²) in [7, 11) is 0. The fourth-order valence-electron chi connectivity index (χ4n) is 4.52. The van der Waals surface area contributed by atoms with Gasteiger partial charge in [0.2, 0.25) is 5.91 Å². The van der Waals surface area contributed by atoms with E-state index in [1.54, 1.807) is 23.1 Å². The van der Waals surface area contributed by atoms with Crippen LogP contribution in [-0.4, -0.2) is 59.5 Å². The lowest BCUT2D eigenvalue weighted by Crippen LogP contribution is -2.49. The van der Waals surface area contributed by atoms with Crippen LogP contribution < -0.4 is 0 Å². The maximum Gasteiger partial charge on any atom is 0.338 e. The summed E-state index contributed by atoms with van der Waals surface area (Å²) in [6, 6.07) is 6.87. The van der Waals surface area contributed by atoms with Crippen LogP contribution in [0.3, 0.4) is 0 Å². The number of cyclic esters (lactones) is 1. The second-order valence-corrected chi connectivity index (χ2v) is 8.61. The number of hydrogen-bond acceptors (Lipinski definition) is 6. The first kappa shape index (κ1) is 23.8. The van der Waals surface area contributed by atoms with Crippen LogP contribution in [0, 0.1) is 29.9 Å². The van der Waals surface area contributed by atoms with Gasteiger partial charge >= 0.3 is 5.97 Å². The molecule has 1 amide bonds. The standard InChI is InChI=1S/C25H25F2N3O4/c1-15-18(3-4-19-20(15)14-34-25(19)33)23(31)13-29-6-8-30(9-7-29)24(32)5-2-16-10-22(27)17(12-28)11-21(16)26/h3-4,10-11,23,31H,2,5-9,13-14H2,1H3. The number of nitriles is 1. The van der Waals surface area contributed by atoms with Gasteiger partial charge in [-0.1, -0.05) is 6.07 Å². The molecule has 1 fully saturated rings. The number of esters is 1. The highest BCUT2D eigenvalue weighted by molar-refractivity contribution is 5.94. The molecule has 0 saturated carbocycles. The quantitative estimate of drug-likeness (QED) is 0.654. The van der Waals surface area contributed by atoms with Crippen molar-refractivity contribution < 1.29 is 28.2 Å². The fourth-order valence-corrected chi connectivity index (χ4v) is 4.52. The number of benzene rings is 2. The van der Waals surface area contributed by atoms with Gasteiger partial charge in [0.25, 0.3) is 0 Å². The van der Waals surface area contributed by atoms with Crippen LogP contribution in [0.5, 0.6) is 0 Å². The van der Waals surface area contributed by atoms with Crippen LogP contribution in [0.4, 0.5) is 8.78 Å². The Balaban J connectivity index is 1.28. The maximum atomic E-state index is 14.0. The zero-order valence-electron chi connectivity index (χ0n) is 18.8. The number of ether oxygens (including phenoxy) is 1. The van der Waals surface area contributed by atoms with Crippen molar-refractivity contribution in [2.45, 2.75) is 32.5 Å². The highest BCUT2D eigenvalue weighted by Gasteiger charge is 2.27. The van der Waals surface area contributed by atoms with Crippen LogP contribution >= 0.6 is 0 Å². The van der Waals surface area contributed by atoms with Gasteiger partial charge in [-0.3, -0.25) is 9.69 Å². The molecule has 2 aliphatic heterocycles. The molecule has 0 bridgehead atoms. The lowest BCUT2D eigenvalue weighted by molar-refractivity contribution is -0.133. The summed E-state index contributed by atoms with van der Waals surface area (Å²) in [6.07, 6.45) is -0.645. The Morgan fingerprint density at radius 2 is 1.94 bits per heavy atom. The third kappa shape index (κ3) is 4.79. The average Bonchev–Trinajstić information content (AvgIpc) is 3.21. The molecular weight excluding hydrogens is 444 g/mol. The lowest BCUT2D eigenvalue weighted by atomic mass is 9.95. The second-order valence-electron chi connectivity index (χ2n) is 8.61. The molecule has 2 aromatic carbocycles. The molecule has 178 valence electrons. The van der Waals surface area contributed by atoms with Gasteiger partial charge in [-0.05, 0) is 48.2 Å². The number of aliphatic hydroxyl groups excluding tert-OH is 1. The normalized spacial score (nSPS) is 16.7. The number of β-amino-alcohol motifs (C(OH)–C–C–N with tert-alkyl or cyclic N) is 1. The Bertz CT molecular complexity index is 1170. The van der Waals surface area contributed by atoms with E-state index in [1.165, 1.54) is 0 Å². The number of fused-ring (bicyclic) bond motifs is 1. The number of carbonyl (C=O) groups excluding carboxylic acids is 2. The van der Waals surface area contributed by atoms with Crippen molar-refractivity contribution in [1.29, 1.82) is 5.26 Å². The first-order chi connectivity index (χ1) is 16.3. The van der Waals surface area contributed by atoms with Gasteiger partial charge in [0.15, 0.2) is 0 Å². The fraction of sp³-hybridized carbons (Fsp3) is 0.400. The van der Waals surface area contributed by atoms with Gasteiger partial charge < -0.3 is 14.7 Å². The van der Waals surface area contributed by atoms with Gasteiger partial charge in [0, 0.05) is 44.7 Å². The van der Waals surface area contributed by atoms with Crippen molar-refractivity contribution in [1.82, 2.24) is 9.80 Å². The third-order valence-corrected chi connectivity index (χ3v) is 6.59. The second kappa shape index (κ2) is 9.87. The minimum absolute atomic E-state index is 0.0417. The van der Waals surface area contributed by atoms with Crippen LogP contribution in [-0.2, 0) is 22.6 Å². The molecule has 9 heteroatoms. The molecule has 1 saturated heterocycles. The Morgan fingerprint density at radius 3 is 2.65 bits per heavy atom. The Hall–Kier alpha value is -3.35. The van der Waals surface area contributed by atoms with Crippen LogP contribution in [0.1, 0.15) is 50.7 Å². The van der Waals surface area contributed by atoms with E-state index in [0.29, 0.717) is 38.3 Å². The first-order valence-electron chi connectivity index (χ1n) is 11.1. The zero-order valence-corrected chi connectivity index (χ0v) is 18.8. The van der Waals surface area contributed by atoms with E-state index in [9.17, 15) is 23.5 Å². The van der Waals surface area contributed by atoms with Crippen molar-refractivity contribution in [3.8, 4) is 6.07 Å². The van der Waals surface area contributed by atoms with Crippen molar-refractivity contribution in [2.24, 2.45) is 0 Å². The minimum atomic E-state index is -0.795. The molecule has 2 aromatic rings. The van der Waals surface area contributed by atoms with Gasteiger partial charge in [-0.15, -0.1) is 0 Å². The number of aryl methyl sites for hydroxylation is 1. The minimum Gasteiger partial charge on any atom is -0.457 e. The van der Waals surface area contributed by atoms with Gasteiger partial charge in [0.1, 0.15) is 24.3 Å². The molecule has 0 aliphatic carbocycles. The number of amides is 1. The van der Waals surface area contributed by atoms with Crippen LogP contribution in [0.2, 0.25) is 0 Å². The maximum absolute atomic E-state index is 14.0. The van der Waals surface area contributed by atoms with E-state index in [2.05, 4.69) is 4.90 Å². The molecule has 1 atom stereocenters. The Labute approximate surface area is 196 Å². The molecule has 0 aromatic heterocycles. The van der Waals surface area contributed by atoms with Gasteiger partial charge in [-0.2, -0.15) is 5.26 Å². The van der Waals surface area contributed by atoms with Gasteiger partial charge in [0.05, 0.1) is 17.2 Å². The summed E-state index contributed by atoms with van der Waals surface area (Å²) in [5.74, 6) is -1.98. The molecule has 34 heavy (non-hydrogen) atoms. The number of hydrogen-bond donors (Lipinski definition) is 1. The predicted octanol–water partition coefficient (Wildman–Crippen LogP) is 2.63. The lowest BCUT2D eigenvalue weighted by Gasteiger charge is -2.36. The summed E-state index contributed by atoms with van der Waals surface area (Å²) < 4.78 is 32.9. The van der Waals surface area contributed by atoms with E-state index in [-0.39, 0.29) is 42.5 Å². The molecule has 1 N–H and O–H groups in total. The summed E-state index contributed by atoms with van der Waals surface area (Å²) in [6.45, 7) is 4.59. The molecule has 0 radical (unpaired) electrons. The van der Waals surface area contributed by atoms with E-state index in [1.807, 2.05) is 6.92 Å². The zero-order chi connectivity index (χ0) is 24.4. The number of piperazine rings is 1. The van der Waals surface area contributed by atoms with Crippen molar-refractivity contribution in [3.05, 3.63) is 69.3 Å². The monoisotopic (exact) mass is 469 g/mol. The Morgan fingerprint density at radius 1 is 1.21 bits per heavy atom. The molecule has 0 spiro atoms. The molecule has 7 nitrogen and oxygen atoms in total. The SMILES string of the molecule is Cc1c(C(O)CN2CCN(C(=O)CCc3cc(F)c(C#N)cc3F)CC2)ccc2c1COC2=O. The summed E-state index contributed by atoms with van der Waals surface area (Å²) in [4.78, 5) is 28.0. The topological polar surface area (TPSA) is 93.9 Å². The third-order valence-electron chi connectivity index (χ3n) is 6.59. The Kier molecular flexibility index (Phi) is 6.91. The van der Waals surface area contributed by atoms with E-state index in [4.69, 9.17) is 10.00 Å². The number of aliphatic hydroxyl groups is 1. The van der Waals surface area contributed by atoms with Gasteiger partial charge in [-0.25, -0.2) is 13.6 Å². The number of rotatable bonds is 6. The van der Waals surface area contributed by atoms with Crippen molar-refractivity contribution in [3.63, 3.8) is 0 Å². The van der Waals surface area contributed by atoms with E-state index < -0.39 is 17.7 Å². The molecule has 2 heterocycles. The van der Waals surface area contributed by atoms with E-state index in [0.717, 1.165) is 28.8 Å². The number of nitrogens with zero attached hydrogens (tertiary/aromatic N) is 3. The molecule has 1 unspecified atom stereocenters. The van der Waals surface area contributed by atoms with Crippen molar-refractivity contribution >= 4 is 11.9 Å². The van der Waals surface area contributed by atoms with Crippen LogP contribution in [0.25, 0.3) is 0 Å². The van der Waals surface area contributed by atoms with Crippen LogP contribution in [0.15, 0.2) is 24.3 Å². The number of halogens is 2. The highest BCUT2D eigenvalue weighted by Crippen LogP contribution is 2.29. The molecular formula is C25H25F2N3O4. The van der Waals surface area contributed by atoms with E-state index >= 15 is 0 Å². The smallest absolute Gasteiger partial charge is 0.338 e. The molecule has 2 aliphatic rings. The summed E-state index contributed by atoms with van der Waals surface area (Å²) in [5.41, 5.74) is 2.69. The highest BCUT2D eigenvalue weighted by atomic mass is 19.1. The van der Waals surface area contributed by atoms with Crippen molar-refractivity contribution in [2.75, 3.05) is 32.7 Å². The summed E-state index contributed by atoms with van der Waals surface area (Å²) in [5, 5.41) is 19.6. The predicted molar refractivity (Wildman–Crippen MR) is 118 cm³/mol. The number of carbonyl (C=O) groups is 2. The first-order valence-corrected chi connectivity index (χ1v) is 11.1. The average molecular weight is 469 g/mol. The molecule has 4 rings (SSSR count).